The van der Waals surface area contributed by atoms with Crippen LogP contribution in [0.5, 0.6) is 0 Å². The summed E-state index contributed by atoms with van der Waals surface area (Å²) in [7, 11) is 1.40. The maximum atomic E-state index is 11.3. The van der Waals surface area contributed by atoms with Gasteiger partial charge >= 0.3 is 5.97 Å². The van der Waals surface area contributed by atoms with Crippen LogP contribution in [0.15, 0.2) is 18.3 Å². The van der Waals surface area contributed by atoms with Crippen molar-refractivity contribution in [1.29, 1.82) is 0 Å². The summed E-state index contributed by atoms with van der Waals surface area (Å²) in [5.41, 5.74) is 2.15. The van der Waals surface area contributed by atoms with Gasteiger partial charge in [0.25, 0.3) is 0 Å². The topological polar surface area (TPSA) is 51.2 Å². The van der Waals surface area contributed by atoms with Crippen molar-refractivity contribution in [3.8, 4) is 0 Å². The molecule has 0 saturated heterocycles. The molecule has 4 nitrogen and oxygen atoms in total. The van der Waals surface area contributed by atoms with Gasteiger partial charge in [0.05, 0.1) is 7.11 Å². The molecule has 0 spiro atoms. The number of hydrogen-bond donors (Lipinski definition) is 1. The van der Waals surface area contributed by atoms with Gasteiger partial charge in [0.2, 0.25) is 0 Å². The normalized spacial score (nSPS) is 19.9. The summed E-state index contributed by atoms with van der Waals surface area (Å²) < 4.78 is 4.68. The number of hydrogen-bond acceptors (Lipinski definition) is 4. The van der Waals surface area contributed by atoms with Crippen LogP contribution in [0.2, 0.25) is 0 Å². The summed E-state index contributed by atoms with van der Waals surface area (Å²) in [5.74, 6) is -0.221. The number of aromatic nitrogens is 1. The van der Waals surface area contributed by atoms with E-state index >= 15 is 0 Å². The van der Waals surface area contributed by atoms with Crippen molar-refractivity contribution in [2.24, 2.45) is 0 Å². The zero-order valence-corrected chi connectivity index (χ0v) is 7.99. The van der Waals surface area contributed by atoms with Gasteiger partial charge in [-0.05, 0) is 11.6 Å². The predicted molar refractivity (Wildman–Crippen MR) is 50.6 cm³/mol. The minimum Gasteiger partial charge on any atom is -0.468 e. The van der Waals surface area contributed by atoms with E-state index in [4.69, 9.17) is 0 Å². The number of carbonyl (C=O) groups is 1. The molecule has 0 fully saturated rings. The summed E-state index contributed by atoms with van der Waals surface area (Å²) in [4.78, 5) is 15.5. The van der Waals surface area contributed by atoms with Crippen LogP contribution in [0.25, 0.3) is 0 Å². The molecule has 0 aliphatic carbocycles. The van der Waals surface area contributed by atoms with Crippen LogP contribution in [0.1, 0.15) is 11.3 Å². The number of methoxy groups -OCH3 is 1. The Balaban J connectivity index is 2.17. The predicted octanol–water partition coefficient (Wildman–Crippen LogP) is 0.269. The third-order valence-corrected chi connectivity index (χ3v) is 2.41. The molecule has 0 bridgehead atoms. The number of esters is 1. The molecule has 0 amide bonds. The van der Waals surface area contributed by atoms with Crippen LogP contribution < -0.4 is 5.32 Å². The molecule has 1 unspecified atom stereocenters. The lowest BCUT2D eigenvalue weighted by Crippen LogP contribution is -2.42. The lowest BCUT2D eigenvalue weighted by molar-refractivity contribution is -0.143. The molecule has 1 aromatic heterocycles. The summed E-state index contributed by atoms with van der Waals surface area (Å²) in [6, 6.07) is 3.67. The van der Waals surface area contributed by atoms with Crippen molar-refractivity contribution < 1.29 is 9.53 Å². The molecular weight excluding hydrogens is 180 g/mol. The highest BCUT2D eigenvalue weighted by molar-refractivity contribution is 5.76. The minimum atomic E-state index is -0.248. The Labute approximate surface area is 82.3 Å². The van der Waals surface area contributed by atoms with E-state index in [0.29, 0.717) is 13.0 Å². The molecule has 0 saturated carbocycles. The lowest BCUT2D eigenvalue weighted by atomic mass is 10.0. The van der Waals surface area contributed by atoms with Crippen LogP contribution >= 0.6 is 0 Å². The third-order valence-electron chi connectivity index (χ3n) is 2.41. The Morgan fingerprint density at radius 1 is 1.71 bits per heavy atom. The first-order chi connectivity index (χ1) is 6.81. The molecule has 1 atom stereocenters. The fraction of sp³-hybridized carbons (Fsp3) is 0.400. The number of nitrogens with zero attached hydrogens (tertiary/aromatic N) is 1. The van der Waals surface area contributed by atoms with Gasteiger partial charge in [-0.25, -0.2) is 0 Å². The maximum Gasteiger partial charge on any atom is 0.323 e. The average Bonchev–Trinajstić information content (AvgIpc) is 2.27. The van der Waals surface area contributed by atoms with E-state index in [0.717, 1.165) is 11.3 Å². The monoisotopic (exact) mass is 192 g/mol. The first-order valence-electron chi connectivity index (χ1n) is 4.55. The van der Waals surface area contributed by atoms with Crippen molar-refractivity contribution in [2.45, 2.75) is 19.0 Å². The zero-order chi connectivity index (χ0) is 9.97. The van der Waals surface area contributed by atoms with Crippen LogP contribution in [-0.4, -0.2) is 24.1 Å². The smallest absolute Gasteiger partial charge is 0.323 e. The van der Waals surface area contributed by atoms with Crippen molar-refractivity contribution in [3.05, 3.63) is 29.6 Å². The lowest BCUT2D eigenvalue weighted by Gasteiger charge is -2.22. The molecule has 2 heterocycles. The average molecular weight is 192 g/mol. The molecule has 0 aromatic carbocycles. The Morgan fingerprint density at radius 3 is 3.36 bits per heavy atom. The number of fused-ring (bicyclic) bond motifs is 1. The fourth-order valence-electron chi connectivity index (χ4n) is 1.62. The zero-order valence-electron chi connectivity index (χ0n) is 7.99. The van der Waals surface area contributed by atoms with Crippen molar-refractivity contribution in [1.82, 2.24) is 10.3 Å². The minimum absolute atomic E-state index is 0.221. The second-order valence-corrected chi connectivity index (χ2v) is 3.27. The second kappa shape index (κ2) is 3.75. The van der Waals surface area contributed by atoms with Crippen LogP contribution in [0.3, 0.4) is 0 Å². The van der Waals surface area contributed by atoms with Gasteiger partial charge in [-0.1, -0.05) is 6.07 Å². The quantitative estimate of drug-likeness (QED) is 0.649. The van der Waals surface area contributed by atoms with Crippen LogP contribution in [0, 0.1) is 0 Å². The van der Waals surface area contributed by atoms with Gasteiger partial charge in [0.1, 0.15) is 6.04 Å². The fourth-order valence-corrected chi connectivity index (χ4v) is 1.62. The van der Waals surface area contributed by atoms with E-state index in [1.54, 1.807) is 6.20 Å². The molecule has 2 rings (SSSR count). The number of rotatable bonds is 1. The summed E-state index contributed by atoms with van der Waals surface area (Å²) >= 11 is 0. The molecule has 1 N–H and O–H groups in total. The van der Waals surface area contributed by atoms with Gasteiger partial charge in [0, 0.05) is 24.9 Å². The van der Waals surface area contributed by atoms with Gasteiger partial charge in [-0.15, -0.1) is 0 Å². The van der Waals surface area contributed by atoms with Crippen LogP contribution in [-0.2, 0) is 22.5 Å². The van der Waals surface area contributed by atoms with E-state index in [1.807, 2.05) is 12.1 Å². The number of ether oxygens (including phenoxy) is 1. The second-order valence-electron chi connectivity index (χ2n) is 3.27. The van der Waals surface area contributed by atoms with E-state index in [9.17, 15) is 4.79 Å². The van der Waals surface area contributed by atoms with Gasteiger partial charge < -0.3 is 4.74 Å². The third kappa shape index (κ3) is 1.61. The molecule has 4 heteroatoms. The van der Waals surface area contributed by atoms with Crippen molar-refractivity contribution in [3.63, 3.8) is 0 Å². The highest BCUT2D eigenvalue weighted by atomic mass is 16.5. The van der Waals surface area contributed by atoms with E-state index in [1.165, 1.54) is 7.11 Å². The van der Waals surface area contributed by atoms with Crippen molar-refractivity contribution >= 4 is 5.97 Å². The summed E-state index contributed by atoms with van der Waals surface area (Å²) in [6.07, 6.45) is 2.36. The summed E-state index contributed by atoms with van der Waals surface area (Å²) in [5, 5.41) is 3.11. The van der Waals surface area contributed by atoms with E-state index in [2.05, 4.69) is 15.0 Å². The largest absolute Gasteiger partial charge is 0.468 e. The molecule has 0 radical (unpaired) electrons. The Morgan fingerprint density at radius 2 is 2.57 bits per heavy atom. The Bertz CT molecular complexity index is 352. The van der Waals surface area contributed by atoms with Gasteiger partial charge in [0.15, 0.2) is 0 Å². The molecule has 14 heavy (non-hydrogen) atoms. The van der Waals surface area contributed by atoms with Crippen LogP contribution in [0.4, 0.5) is 0 Å². The highest BCUT2D eigenvalue weighted by Gasteiger charge is 2.24. The molecule has 1 aliphatic heterocycles. The molecule has 74 valence electrons. The van der Waals surface area contributed by atoms with Gasteiger partial charge in [-0.2, -0.15) is 0 Å². The first-order valence-corrected chi connectivity index (χ1v) is 4.55. The molecular formula is C10H12N2O2. The highest BCUT2D eigenvalue weighted by Crippen LogP contribution is 2.13. The number of nitrogens with one attached hydrogen (secondary N) is 1. The Kier molecular flexibility index (Phi) is 2.45. The van der Waals surface area contributed by atoms with E-state index in [-0.39, 0.29) is 12.0 Å². The molecule has 1 aliphatic rings. The first kappa shape index (κ1) is 9.15. The summed E-state index contributed by atoms with van der Waals surface area (Å²) in [6.45, 7) is 0.683. The Hall–Kier alpha value is -1.42. The van der Waals surface area contributed by atoms with Gasteiger partial charge in [-0.3, -0.25) is 15.1 Å². The van der Waals surface area contributed by atoms with E-state index < -0.39 is 0 Å². The maximum absolute atomic E-state index is 11.3. The SMILES string of the molecule is COC(=O)C1Cc2ncccc2CN1. The standard InChI is InChI=1S/C10H12N2O2/c1-14-10(13)9-5-8-7(6-12-9)3-2-4-11-8/h2-4,9,12H,5-6H2,1H3. The number of pyridine rings is 1. The number of carbonyl (C=O) groups excluding carboxylic acids is 1. The van der Waals surface area contributed by atoms with Crippen molar-refractivity contribution in [2.75, 3.05) is 7.11 Å². The molecule has 1 aromatic rings.